The third-order valence-corrected chi connectivity index (χ3v) is 4.95. The molecule has 0 bridgehead atoms. The number of nitrogens with two attached hydrogens (primary N) is 1. The zero-order valence-corrected chi connectivity index (χ0v) is 15.7. The Morgan fingerprint density at radius 3 is 2.53 bits per heavy atom. The molecule has 1 aromatic carbocycles. The van der Waals surface area contributed by atoms with Crippen LogP contribution in [-0.2, 0) is 17.0 Å². The Bertz CT molecular complexity index is 1170. The molecule has 0 fully saturated rings. The molecule has 0 aliphatic carbocycles. The number of amides is 1. The van der Waals surface area contributed by atoms with Crippen LogP contribution in [0.4, 0.5) is 13.2 Å². The van der Waals surface area contributed by atoms with Crippen molar-refractivity contribution in [2.75, 3.05) is 7.05 Å². The molecule has 2 aromatic heterocycles. The average molecular weight is 412 g/mol. The molecule has 1 aliphatic rings. The van der Waals surface area contributed by atoms with Gasteiger partial charge in [-0.2, -0.15) is 10.2 Å². The smallest absolute Gasteiger partial charge is 0.266 e. The lowest BCUT2D eigenvalue weighted by atomic mass is 9.81. The molecule has 4 rings (SSSR count). The molecule has 0 saturated carbocycles. The molecule has 3 aromatic rings. The molecule has 1 unspecified atom stereocenters. The van der Waals surface area contributed by atoms with E-state index in [0.717, 1.165) is 11.0 Å². The van der Waals surface area contributed by atoms with Gasteiger partial charge in [0.05, 0.1) is 18.1 Å². The molecule has 0 radical (unpaired) electrons. The zero-order valence-electron chi connectivity index (χ0n) is 15.7. The van der Waals surface area contributed by atoms with Crippen molar-refractivity contribution in [1.82, 2.24) is 20.1 Å². The van der Waals surface area contributed by atoms with Gasteiger partial charge < -0.3 is 5.73 Å². The second-order valence-electron chi connectivity index (χ2n) is 6.66. The molecule has 0 spiro atoms. The van der Waals surface area contributed by atoms with E-state index in [1.165, 1.54) is 49.9 Å². The minimum Gasteiger partial charge on any atom is -0.369 e. The van der Waals surface area contributed by atoms with E-state index in [1.807, 2.05) is 0 Å². The Kier molecular flexibility index (Phi) is 4.69. The maximum atomic E-state index is 14.6. The molecule has 2 N–H and O–H groups in total. The summed E-state index contributed by atoms with van der Waals surface area (Å²) in [5, 5.41) is 7.31. The Labute approximate surface area is 169 Å². The van der Waals surface area contributed by atoms with Crippen molar-refractivity contribution in [2.24, 2.45) is 10.7 Å². The van der Waals surface area contributed by atoms with Crippen LogP contribution >= 0.6 is 0 Å². The molecule has 3 heterocycles. The van der Waals surface area contributed by atoms with Crippen LogP contribution in [-0.4, -0.2) is 39.0 Å². The number of hydrogen-bond acceptors (Lipinski definition) is 6. The molecule has 7 nitrogen and oxygen atoms in total. The van der Waals surface area contributed by atoms with E-state index in [-0.39, 0.29) is 33.9 Å². The monoisotopic (exact) mass is 412 g/mol. The fourth-order valence-corrected chi connectivity index (χ4v) is 3.42. The van der Waals surface area contributed by atoms with Gasteiger partial charge in [0.2, 0.25) is 0 Å². The maximum Gasteiger partial charge on any atom is 0.266 e. The van der Waals surface area contributed by atoms with Crippen LogP contribution in [0.5, 0.6) is 0 Å². The molecule has 1 amide bonds. The largest absolute Gasteiger partial charge is 0.369 e. The average Bonchev–Trinajstić information content (AvgIpc) is 3.01. The summed E-state index contributed by atoms with van der Waals surface area (Å²) in [5.74, 6) is -3.01. The number of nitrogens with zero attached hydrogens (tertiary/aromatic N) is 5. The van der Waals surface area contributed by atoms with Crippen molar-refractivity contribution in [3.8, 4) is 11.1 Å². The van der Waals surface area contributed by atoms with Crippen LogP contribution in [0.15, 0.2) is 53.9 Å². The molecular formula is C20H15F3N6O. The number of alkyl halides is 1. The molecule has 10 heteroatoms. The van der Waals surface area contributed by atoms with Gasteiger partial charge in [0.1, 0.15) is 6.67 Å². The third kappa shape index (κ3) is 2.88. The van der Waals surface area contributed by atoms with Gasteiger partial charge in [0.25, 0.3) is 5.91 Å². The van der Waals surface area contributed by atoms with Gasteiger partial charge in [-0.1, -0.05) is 0 Å². The second-order valence-corrected chi connectivity index (χ2v) is 6.66. The normalized spacial score (nSPS) is 18.6. The lowest BCUT2D eigenvalue weighted by Crippen LogP contribution is -2.41. The highest BCUT2D eigenvalue weighted by Crippen LogP contribution is 2.41. The van der Waals surface area contributed by atoms with E-state index in [1.54, 1.807) is 0 Å². The maximum absolute atomic E-state index is 14.6. The Hall–Kier alpha value is -3.82. The lowest BCUT2D eigenvalue weighted by molar-refractivity contribution is -0.129. The van der Waals surface area contributed by atoms with E-state index in [2.05, 4.69) is 20.2 Å². The molecule has 152 valence electrons. The number of aromatic nitrogens is 3. The van der Waals surface area contributed by atoms with Gasteiger partial charge in [-0.3, -0.25) is 14.7 Å². The summed E-state index contributed by atoms with van der Waals surface area (Å²) in [7, 11) is 1.41. The summed E-state index contributed by atoms with van der Waals surface area (Å²) >= 11 is 0. The predicted octanol–water partition coefficient (Wildman–Crippen LogP) is 2.32. The van der Waals surface area contributed by atoms with Crippen LogP contribution in [0.2, 0.25) is 0 Å². The topological polar surface area (TPSA) is 97.4 Å². The number of carbonyl (C=O) groups excluding carboxylic acids is 1. The number of likely N-dealkylation sites (N-methyl/N-ethyl adjacent to an activating group) is 1. The van der Waals surface area contributed by atoms with Crippen molar-refractivity contribution < 1.29 is 18.0 Å². The fourth-order valence-electron chi connectivity index (χ4n) is 3.42. The fraction of sp³-hybridized carbons (Fsp3) is 0.150. The van der Waals surface area contributed by atoms with E-state index in [0.29, 0.717) is 0 Å². The van der Waals surface area contributed by atoms with Crippen LogP contribution < -0.4 is 5.73 Å². The summed E-state index contributed by atoms with van der Waals surface area (Å²) in [4.78, 5) is 22.6. The van der Waals surface area contributed by atoms with Crippen molar-refractivity contribution in [1.29, 1.82) is 0 Å². The van der Waals surface area contributed by atoms with Crippen molar-refractivity contribution in [2.45, 2.75) is 12.2 Å². The number of benzene rings is 1. The summed E-state index contributed by atoms with van der Waals surface area (Å²) in [6, 6.07) is 6.45. The van der Waals surface area contributed by atoms with Gasteiger partial charge in [0, 0.05) is 24.4 Å². The van der Waals surface area contributed by atoms with Gasteiger partial charge in [-0.15, -0.1) is 0 Å². The molecule has 1 aliphatic heterocycles. The standard InChI is InChI=1S/C20H15F3N6O/c1-29-18(30)20(28-19(29)24,12-3-4-25-14(6-12)9-21)13-7-15(17(23)16(22)8-13)11-2-5-26-27-10-11/h2-8,10H,9H2,1H3,(H2,24,28). The Morgan fingerprint density at radius 1 is 1.10 bits per heavy atom. The Morgan fingerprint density at radius 2 is 1.90 bits per heavy atom. The summed E-state index contributed by atoms with van der Waals surface area (Å²) in [5.41, 5.74) is 4.51. The SMILES string of the molecule is CN1C(=O)C(c2ccnc(CF)c2)(c2cc(F)c(F)c(-c3ccnnc3)c2)N=C1N. The Balaban J connectivity index is 2.02. The van der Waals surface area contributed by atoms with Gasteiger partial charge in [0.15, 0.2) is 23.1 Å². The lowest BCUT2D eigenvalue weighted by Gasteiger charge is -2.27. The summed E-state index contributed by atoms with van der Waals surface area (Å²) < 4.78 is 42.5. The third-order valence-electron chi connectivity index (χ3n) is 4.95. The van der Waals surface area contributed by atoms with Crippen LogP contribution in [0.1, 0.15) is 16.8 Å². The predicted molar refractivity (Wildman–Crippen MR) is 102 cm³/mol. The van der Waals surface area contributed by atoms with Crippen molar-refractivity contribution >= 4 is 11.9 Å². The minimum absolute atomic E-state index is 0.0292. The highest BCUT2D eigenvalue weighted by molar-refractivity contribution is 6.09. The van der Waals surface area contributed by atoms with Gasteiger partial charge in [-0.25, -0.2) is 18.2 Å². The van der Waals surface area contributed by atoms with Crippen molar-refractivity contribution in [3.05, 3.63) is 77.4 Å². The van der Waals surface area contributed by atoms with Gasteiger partial charge >= 0.3 is 0 Å². The zero-order chi connectivity index (χ0) is 21.5. The van der Waals surface area contributed by atoms with E-state index >= 15 is 0 Å². The minimum atomic E-state index is -1.82. The summed E-state index contributed by atoms with van der Waals surface area (Å²) in [6.07, 6.45) is 3.91. The number of aliphatic imine (C=N–C) groups is 1. The van der Waals surface area contributed by atoms with Gasteiger partial charge in [-0.05, 0) is 41.5 Å². The second kappa shape index (κ2) is 7.21. The molecule has 1 atom stereocenters. The summed E-state index contributed by atoms with van der Waals surface area (Å²) in [6.45, 7) is -0.876. The van der Waals surface area contributed by atoms with Crippen LogP contribution in [0.3, 0.4) is 0 Å². The molecule has 30 heavy (non-hydrogen) atoms. The number of halogens is 3. The first-order valence-electron chi connectivity index (χ1n) is 8.80. The first-order valence-corrected chi connectivity index (χ1v) is 8.80. The van der Waals surface area contributed by atoms with Crippen LogP contribution in [0.25, 0.3) is 11.1 Å². The first-order chi connectivity index (χ1) is 14.4. The number of hydrogen-bond donors (Lipinski definition) is 1. The van der Waals surface area contributed by atoms with E-state index in [4.69, 9.17) is 5.73 Å². The number of carbonyl (C=O) groups is 1. The van der Waals surface area contributed by atoms with Crippen molar-refractivity contribution in [3.63, 3.8) is 0 Å². The first kappa shape index (κ1) is 19.5. The quantitative estimate of drug-likeness (QED) is 0.709. The number of guanidine groups is 1. The number of pyridine rings is 1. The van der Waals surface area contributed by atoms with E-state index in [9.17, 15) is 18.0 Å². The number of rotatable bonds is 4. The highest BCUT2D eigenvalue weighted by atomic mass is 19.2. The molecule has 0 saturated heterocycles. The highest BCUT2D eigenvalue weighted by Gasteiger charge is 2.50. The van der Waals surface area contributed by atoms with Crippen LogP contribution in [0, 0.1) is 11.6 Å². The molecular weight excluding hydrogens is 397 g/mol. The van der Waals surface area contributed by atoms with E-state index < -0.39 is 29.8 Å².